The van der Waals surface area contributed by atoms with Gasteiger partial charge in [0.05, 0.1) is 23.1 Å². The summed E-state index contributed by atoms with van der Waals surface area (Å²) in [4.78, 5) is 25.2. The number of carbonyl (C=O) groups is 2. The Kier molecular flexibility index (Phi) is 5.64. The standard InChI is InChI=1S/C19H22ClN3O3/c1-11-15(8-9-26-11)18(24)23-17-10-12(20)2-7-16(17)19(25)22-14-5-3-13(21)4-6-14/h2,7-10,13-14H,3-6,21H2,1H3,(H,22,25)(H,23,24). The molecule has 6 nitrogen and oxygen atoms in total. The van der Waals surface area contributed by atoms with Crippen LogP contribution in [-0.4, -0.2) is 23.9 Å². The zero-order valence-corrected chi connectivity index (χ0v) is 15.3. The van der Waals surface area contributed by atoms with Crippen molar-refractivity contribution in [2.45, 2.75) is 44.7 Å². The maximum atomic E-state index is 12.7. The van der Waals surface area contributed by atoms with Crippen molar-refractivity contribution in [3.8, 4) is 0 Å². The van der Waals surface area contributed by atoms with Crippen LogP contribution < -0.4 is 16.4 Å². The highest BCUT2D eigenvalue weighted by molar-refractivity contribution is 6.31. The zero-order valence-electron chi connectivity index (χ0n) is 14.5. The molecule has 1 saturated carbocycles. The van der Waals surface area contributed by atoms with Crippen molar-refractivity contribution in [2.75, 3.05) is 5.32 Å². The van der Waals surface area contributed by atoms with Crippen molar-refractivity contribution < 1.29 is 14.0 Å². The molecule has 0 radical (unpaired) electrons. The first kappa shape index (κ1) is 18.5. The molecule has 26 heavy (non-hydrogen) atoms. The molecule has 0 aliphatic heterocycles. The van der Waals surface area contributed by atoms with Crippen molar-refractivity contribution in [2.24, 2.45) is 5.73 Å². The predicted octanol–water partition coefficient (Wildman–Crippen LogP) is 3.49. The zero-order chi connectivity index (χ0) is 18.7. The topological polar surface area (TPSA) is 97.4 Å². The Hall–Kier alpha value is -2.31. The highest BCUT2D eigenvalue weighted by Gasteiger charge is 2.22. The van der Waals surface area contributed by atoms with Crippen molar-refractivity contribution in [1.29, 1.82) is 0 Å². The minimum absolute atomic E-state index is 0.0950. The number of nitrogens with two attached hydrogens (primary N) is 1. The van der Waals surface area contributed by atoms with Crippen LogP contribution in [-0.2, 0) is 0 Å². The summed E-state index contributed by atoms with van der Waals surface area (Å²) < 4.78 is 5.16. The summed E-state index contributed by atoms with van der Waals surface area (Å²) in [5.41, 5.74) is 7.07. The Bertz CT molecular complexity index is 810. The van der Waals surface area contributed by atoms with E-state index < -0.39 is 0 Å². The highest BCUT2D eigenvalue weighted by Crippen LogP contribution is 2.24. The van der Waals surface area contributed by atoms with E-state index in [0.29, 0.717) is 27.6 Å². The fourth-order valence-corrected chi connectivity index (χ4v) is 3.33. The predicted molar refractivity (Wildman–Crippen MR) is 101 cm³/mol. The highest BCUT2D eigenvalue weighted by atomic mass is 35.5. The summed E-state index contributed by atoms with van der Waals surface area (Å²) in [6.07, 6.45) is 4.96. The minimum atomic E-state index is -0.351. The second-order valence-electron chi connectivity index (χ2n) is 6.62. The van der Waals surface area contributed by atoms with Gasteiger partial charge in [0.15, 0.2) is 0 Å². The van der Waals surface area contributed by atoms with Gasteiger partial charge in [-0.15, -0.1) is 0 Å². The summed E-state index contributed by atoms with van der Waals surface area (Å²) in [7, 11) is 0. The van der Waals surface area contributed by atoms with Gasteiger partial charge >= 0.3 is 0 Å². The molecular formula is C19H22ClN3O3. The lowest BCUT2D eigenvalue weighted by Crippen LogP contribution is -2.40. The van der Waals surface area contributed by atoms with Crippen LogP contribution >= 0.6 is 11.6 Å². The van der Waals surface area contributed by atoms with Crippen LogP contribution in [0.5, 0.6) is 0 Å². The van der Waals surface area contributed by atoms with Crippen LogP contribution in [0.25, 0.3) is 0 Å². The molecule has 0 bridgehead atoms. The summed E-state index contributed by atoms with van der Waals surface area (Å²) in [5.74, 6) is -0.0772. The van der Waals surface area contributed by atoms with E-state index in [4.69, 9.17) is 21.8 Å². The van der Waals surface area contributed by atoms with Crippen LogP contribution in [0.3, 0.4) is 0 Å². The Balaban J connectivity index is 1.76. The molecule has 138 valence electrons. The second kappa shape index (κ2) is 7.93. The van der Waals surface area contributed by atoms with Crippen LogP contribution in [0.4, 0.5) is 5.69 Å². The van der Waals surface area contributed by atoms with Gasteiger partial charge in [-0.25, -0.2) is 0 Å². The first-order valence-corrected chi connectivity index (χ1v) is 9.03. The summed E-state index contributed by atoms with van der Waals surface area (Å²) in [6.45, 7) is 1.70. The van der Waals surface area contributed by atoms with E-state index in [1.807, 2.05) is 0 Å². The molecular weight excluding hydrogens is 354 g/mol. The number of carbonyl (C=O) groups excluding carboxylic acids is 2. The largest absolute Gasteiger partial charge is 0.469 e. The van der Waals surface area contributed by atoms with Crippen LogP contribution in [0, 0.1) is 6.92 Å². The third kappa shape index (κ3) is 4.26. The van der Waals surface area contributed by atoms with Crippen LogP contribution in [0.2, 0.25) is 5.02 Å². The molecule has 0 atom stereocenters. The lowest BCUT2D eigenvalue weighted by molar-refractivity contribution is 0.0927. The van der Waals surface area contributed by atoms with E-state index in [9.17, 15) is 9.59 Å². The average Bonchev–Trinajstić information content (AvgIpc) is 3.03. The normalized spacial score (nSPS) is 19.8. The molecule has 3 rings (SSSR count). The SMILES string of the molecule is Cc1occc1C(=O)Nc1cc(Cl)ccc1C(=O)NC1CCC(N)CC1. The lowest BCUT2D eigenvalue weighted by Gasteiger charge is -2.27. The van der Waals surface area contributed by atoms with E-state index >= 15 is 0 Å². The number of benzene rings is 1. The summed E-state index contributed by atoms with van der Waals surface area (Å²) in [5, 5.41) is 6.22. The Morgan fingerprint density at radius 2 is 1.85 bits per heavy atom. The molecule has 2 amide bonds. The van der Waals surface area contributed by atoms with E-state index in [2.05, 4.69) is 10.6 Å². The van der Waals surface area contributed by atoms with Gasteiger partial charge in [0.25, 0.3) is 11.8 Å². The lowest BCUT2D eigenvalue weighted by atomic mass is 9.91. The molecule has 4 N–H and O–H groups in total. The smallest absolute Gasteiger partial charge is 0.259 e. The number of halogens is 1. The number of anilines is 1. The van der Waals surface area contributed by atoms with Gasteiger partial charge in [-0.05, 0) is 56.9 Å². The molecule has 0 spiro atoms. The quantitative estimate of drug-likeness (QED) is 0.761. The molecule has 1 aliphatic carbocycles. The third-order valence-electron chi connectivity index (χ3n) is 4.68. The van der Waals surface area contributed by atoms with Gasteiger partial charge in [0, 0.05) is 17.1 Å². The van der Waals surface area contributed by atoms with E-state index in [-0.39, 0.29) is 23.9 Å². The van der Waals surface area contributed by atoms with Crippen molar-refractivity contribution >= 4 is 29.1 Å². The number of amides is 2. The first-order chi connectivity index (χ1) is 12.4. The molecule has 0 unspecified atom stereocenters. The van der Waals surface area contributed by atoms with Crippen molar-refractivity contribution in [3.05, 3.63) is 52.4 Å². The molecule has 1 aromatic heterocycles. The monoisotopic (exact) mass is 375 g/mol. The number of hydrogen-bond donors (Lipinski definition) is 3. The van der Waals surface area contributed by atoms with Gasteiger partial charge in [0.2, 0.25) is 0 Å². The average molecular weight is 376 g/mol. The number of rotatable bonds is 4. The summed E-state index contributed by atoms with van der Waals surface area (Å²) >= 11 is 6.05. The van der Waals surface area contributed by atoms with Gasteiger partial charge in [-0.3, -0.25) is 9.59 Å². The van der Waals surface area contributed by atoms with Gasteiger partial charge in [0.1, 0.15) is 5.76 Å². The number of furan rings is 1. The maximum Gasteiger partial charge on any atom is 0.259 e. The molecule has 1 aliphatic rings. The van der Waals surface area contributed by atoms with E-state index in [1.54, 1.807) is 31.2 Å². The summed E-state index contributed by atoms with van der Waals surface area (Å²) in [6, 6.07) is 6.71. The molecule has 7 heteroatoms. The van der Waals surface area contributed by atoms with E-state index in [1.165, 1.54) is 6.26 Å². The Labute approximate surface area is 157 Å². The molecule has 1 aromatic carbocycles. The minimum Gasteiger partial charge on any atom is -0.469 e. The fourth-order valence-electron chi connectivity index (χ4n) is 3.15. The van der Waals surface area contributed by atoms with Crippen molar-refractivity contribution in [1.82, 2.24) is 5.32 Å². The van der Waals surface area contributed by atoms with Crippen LogP contribution in [0.1, 0.15) is 52.2 Å². The first-order valence-electron chi connectivity index (χ1n) is 8.65. The van der Waals surface area contributed by atoms with Crippen LogP contribution in [0.15, 0.2) is 34.9 Å². The maximum absolute atomic E-state index is 12.7. The van der Waals surface area contributed by atoms with E-state index in [0.717, 1.165) is 25.7 Å². The number of aryl methyl sites for hydroxylation is 1. The third-order valence-corrected chi connectivity index (χ3v) is 4.92. The van der Waals surface area contributed by atoms with Gasteiger partial charge in [-0.1, -0.05) is 11.6 Å². The van der Waals surface area contributed by atoms with Gasteiger partial charge < -0.3 is 20.8 Å². The Morgan fingerprint density at radius 3 is 2.50 bits per heavy atom. The number of hydrogen-bond acceptors (Lipinski definition) is 4. The molecule has 1 fully saturated rings. The molecule has 1 heterocycles. The van der Waals surface area contributed by atoms with Crippen molar-refractivity contribution in [3.63, 3.8) is 0 Å². The number of nitrogens with one attached hydrogen (secondary N) is 2. The molecule has 2 aromatic rings. The second-order valence-corrected chi connectivity index (χ2v) is 7.06. The molecule has 0 saturated heterocycles. The van der Waals surface area contributed by atoms with Gasteiger partial charge in [-0.2, -0.15) is 0 Å². The Morgan fingerprint density at radius 1 is 1.12 bits per heavy atom. The fraction of sp³-hybridized carbons (Fsp3) is 0.368.